The minimum Gasteiger partial charge on any atom is -0.366 e. The fraction of sp³-hybridized carbons (Fsp3) is 0.400. The van der Waals surface area contributed by atoms with Crippen molar-refractivity contribution in [3.05, 3.63) is 41.2 Å². The molecule has 4 N–H and O–H groups in total. The molecular formula is C15H20N4O. The molecule has 106 valence electrons. The van der Waals surface area contributed by atoms with Crippen LogP contribution in [-0.4, -0.2) is 17.1 Å². The molecule has 2 aliphatic heterocycles. The van der Waals surface area contributed by atoms with E-state index in [0.717, 1.165) is 11.4 Å². The predicted octanol–water partition coefficient (Wildman–Crippen LogP) is 1.77. The SMILES string of the molecule is CC(C)(C)C1NN(C(N)=O)C2=C1c1ccccc1CN2. The molecule has 1 aromatic carbocycles. The van der Waals surface area contributed by atoms with Crippen LogP contribution < -0.4 is 16.5 Å². The number of carbonyl (C=O) groups excluding carboxylic acids is 1. The van der Waals surface area contributed by atoms with Crippen molar-refractivity contribution in [1.82, 2.24) is 15.8 Å². The lowest BCUT2D eigenvalue weighted by atomic mass is 9.79. The maximum atomic E-state index is 11.7. The average Bonchev–Trinajstić information content (AvgIpc) is 2.78. The number of rotatable bonds is 0. The molecule has 0 saturated carbocycles. The lowest BCUT2D eigenvalue weighted by molar-refractivity contribution is 0.181. The molecule has 2 aliphatic rings. The van der Waals surface area contributed by atoms with E-state index in [9.17, 15) is 4.79 Å². The number of nitrogens with one attached hydrogen (secondary N) is 2. The van der Waals surface area contributed by atoms with E-state index in [2.05, 4.69) is 43.6 Å². The van der Waals surface area contributed by atoms with E-state index in [1.165, 1.54) is 16.1 Å². The van der Waals surface area contributed by atoms with Gasteiger partial charge in [-0.05, 0) is 16.5 Å². The first-order valence-corrected chi connectivity index (χ1v) is 6.81. The normalized spacial score (nSPS) is 21.4. The van der Waals surface area contributed by atoms with E-state index in [0.29, 0.717) is 6.54 Å². The second kappa shape index (κ2) is 4.24. The number of carbonyl (C=O) groups is 1. The second-order valence-electron chi connectivity index (χ2n) is 6.37. The van der Waals surface area contributed by atoms with Gasteiger partial charge >= 0.3 is 6.03 Å². The van der Waals surface area contributed by atoms with E-state index in [1.807, 2.05) is 12.1 Å². The molecule has 2 heterocycles. The van der Waals surface area contributed by atoms with Gasteiger partial charge < -0.3 is 11.1 Å². The molecule has 20 heavy (non-hydrogen) atoms. The summed E-state index contributed by atoms with van der Waals surface area (Å²) in [7, 11) is 0. The summed E-state index contributed by atoms with van der Waals surface area (Å²) in [4.78, 5) is 11.7. The van der Waals surface area contributed by atoms with Gasteiger partial charge in [0, 0.05) is 12.1 Å². The van der Waals surface area contributed by atoms with E-state index in [4.69, 9.17) is 5.73 Å². The van der Waals surface area contributed by atoms with Crippen molar-refractivity contribution < 1.29 is 4.79 Å². The van der Waals surface area contributed by atoms with Gasteiger partial charge in [-0.15, -0.1) is 0 Å². The Kier molecular flexibility index (Phi) is 2.76. The summed E-state index contributed by atoms with van der Waals surface area (Å²) in [5, 5.41) is 4.74. The van der Waals surface area contributed by atoms with Crippen LogP contribution >= 0.6 is 0 Å². The van der Waals surface area contributed by atoms with Gasteiger partial charge in [0.25, 0.3) is 0 Å². The standard InChI is InChI=1S/C15H20N4O/c1-15(2,3)12-11-10-7-5-4-6-9(10)8-17-13(11)19(18-12)14(16)20/h4-7,12,17-18H,8H2,1-3H3,(H2,16,20). The molecule has 5 nitrogen and oxygen atoms in total. The van der Waals surface area contributed by atoms with Crippen molar-refractivity contribution in [2.24, 2.45) is 11.1 Å². The van der Waals surface area contributed by atoms with Gasteiger partial charge in [-0.3, -0.25) is 0 Å². The predicted molar refractivity (Wildman–Crippen MR) is 78.0 cm³/mol. The van der Waals surface area contributed by atoms with Crippen LogP contribution in [0.15, 0.2) is 30.1 Å². The zero-order valence-electron chi connectivity index (χ0n) is 12.0. The van der Waals surface area contributed by atoms with Gasteiger partial charge in [-0.1, -0.05) is 45.0 Å². The summed E-state index contributed by atoms with van der Waals surface area (Å²) in [6.45, 7) is 7.16. The van der Waals surface area contributed by atoms with Crippen molar-refractivity contribution in [2.75, 3.05) is 0 Å². The van der Waals surface area contributed by atoms with E-state index in [1.54, 1.807) is 0 Å². The molecule has 0 aliphatic carbocycles. The van der Waals surface area contributed by atoms with Crippen LogP contribution in [0.4, 0.5) is 4.79 Å². The third kappa shape index (κ3) is 1.86. The average molecular weight is 272 g/mol. The smallest absolute Gasteiger partial charge is 0.335 e. The minimum atomic E-state index is -0.490. The van der Waals surface area contributed by atoms with Gasteiger partial charge in [0.15, 0.2) is 0 Å². The Balaban J connectivity index is 2.17. The molecule has 0 saturated heterocycles. The fourth-order valence-corrected chi connectivity index (χ4v) is 2.89. The van der Waals surface area contributed by atoms with Gasteiger partial charge in [0.1, 0.15) is 5.82 Å². The monoisotopic (exact) mass is 272 g/mol. The van der Waals surface area contributed by atoms with Crippen molar-refractivity contribution in [2.45, 2.75) is 33.4 Å². The topological polar surface area (TPSA) is 70.4 Å². The molecule has 0 aromatic heterocycles. The van der Waals surface area contributed by atoms with Crippen LogP contribution in [0.25, 0.3) is 5.57 Å². The third-order valence-electron chi connectivity index (χ3n) is 3.87. The van der Waals surface area contributed by atoms with Crippen LogP contribution in [0.1, 0.15) is 31.9 Å². The third-order valence-corrected chi connectivity index (χ3v) is 3.87. The fourth-order valence-electron chi connectivity index (χ4n) is 2.89. The highest BCUT2D eigenvalue weighted by Gasteiger charge is 2.42. The molecule has 2 amide bonds. The first-order chi connectivity index (χ1) is 9.39. The summed E-state index contributed by atoms with van der Waals surface area (Å²) >= 11 is 0. The number of primary amides is 1. The molecule has 1 aromatic rings. The summed E-state index contributed by atoms with van der Waals surface area (Å²) in [5.74, 6) is 0.788. The molecule has 0 fully saturated rings. The first kappa shape index (κ1) is 13.0. The maximum absolute atomic E-state index is 11.7. The minimum absolute atomic E-state index is 0.0308. The molecular weight excluding hydrogens is 252 g/mol. The zero-order valence-corrected chi connectivity index (χ0v) is 12.0. The summed E-state index contributed by atoms with van der Waals surface area (Å²) in [5.41, 5.74) is 12.2. The van der Waals surface area contributed by atoms with Crippen molar-refractivity contribution in [3.8, 4) is 0 Å². The Hall–Kier alpha value is -2.01. The van der Waals surface area contributed by atoms with Gasteiger partial charge in [0.2, 0.25) is 0 Å². The summed E-state index contributed by atoms with van der Waals surface area (Å²) < 4.78 is 0. The molecule has 1 unspecified atom stereocenters. The van der Waals surface area contributed by atoms with E-state index < -0.39 is 6.03 Å². The van der Waals surface area contributed by atoms with Crippen molar-refractivity contribution in [1.29, 1.82) is 0 Å². The Bertz CT molecular complexity index is 600. The molecule has 1 atom stereocenters. The van der Waals surface area contributed by atoms with Crippen LogP contribution in [0.2, 0.25) is 0 Å². The van der Waals surface area contributed by atoms with E-state index in [-0.39, 0.29) is 11.5 Å². The van der Waals surface area contributed by atoms with Gasteiger partial charge in [-0.25, -0.2) is 15.2 Å². The highest BCUT2D eigenvalue weighted by atomic mass is 16.2. The number of fused-ring (bicyclic) bond motifs is 2. The number of hydrazine groups is 1. The number of nitrogens with two attached hydrogens (primary N) is 1. The molecule has 0 spiro atoms. The summed E-state index contributed by atoms with van der Waals surface area (Å²) in [6.07, 6.45) is 0. The highest BCUT2D eigenvalue weighted by molar-refractivity contribution is 5.84. The van der Waals surface area contributed by atoms with Crippen LogP contribution in [-0.2, 0) is 6.54 Å². The second-order valence-corrected chi connectivity index (χ2v) is 6.37. The molecule has 3 rings (SSSR count). The molecule has 5 heteroatoms. The van der Waals surface area contributed by atoms with Gasteiger partial charge in [-0.2, -0.15) is 0 Å². The number of hydrogen-bond acceptors (Lipinski definition) is 3. The van der Waals surface area contributed by atoms with Crippen LogP contribution in [0, 0.1) is 5.41 Å². The largest absolute Gasteiger partial charge is 0.366 e. The maximum Gasteiger partial charge on any atom is 0.335 e. The highest BCUT2D eigenvalue weighted by Crippen LogP contribution is 2.40. The number of nitrogens with zero attached hydrogens (tertiary/aromatic N) is 1. The first-order valence-electron chi connectivity index (χ1n) is 6.81. The zero-order chi connectivity index (χ0) is 14.5. The Labute approximate surface area is 118 Å². The van der Waals surface area contributed by atoms with Crippen molar-refractivity contribution >= 4 is 11.6 Å². The lowest BCUT2D eigenvalue weighted by Crippen LogP contribution is -2.49. The number of urea groups is 1. The quantitative estimate of drug-likeness (QED) is 0.674. The number of amides is 2. The van der Waals surface area contributed by atoms with E-state index >= 15 is 0 Å². The lowest BCUT2D eigenvalue weighted by Gasteiger charge is -2.30. The van der Waals surface area contributed by atoms with Crippen molar-refractivity contribution in [3.63, 3.8) is 0 Å². The van der Waals surface area contributed by atoms with Gasteiger partial charge in [0.05, 0.1) is 6.04 Å². The van der Waals surface area contributed by atoms with Crippen LogP contribution in [0.3, 0.4) is 0 Å². The molecule has 0 radical (unpaired) electrons. The van der Waals surface area contributed by atoms with Crippen LogP contribution in [0.5, 0.6) is 0 Å². The number of benzene rings is 1. The molecule has 0 bridgehead atoms. The number of hydrogen-bond donors (Lipinski definition) is 3. The Morgan fingerprint density at radius 2 is 2.05 bits per heavy atom. The Morgan fingerprint density at radius 1 is 1.35 bits per heavy atom. The Morgan fingerprint density at radius 3 is 2.70 bits per heavy atom. The summed E-state index contributed by atoms with van der Waals surface area (Å²) in [6, 6.07) is 7.83.